The van der Waals surface area contributed by atoms with Crippen molar-refractivity contribution in [1.82, 2.24) is 0 Å². The van der Waals surface area contributed by atoms with Crippen LogP contribution in [0.3, 0.4) is 0 Å². The molecule has 1 aromatic rings. The van der Waals surface area contributed by atoms with Gasteiger partial charge in [-0.1, -0.05) is 39.9 Å². The van der Waals surface area contributed by atoms with Crippen molar-refractivity contribution in [2.45, 2.75) is 27.7 Å². The van der Waals surface area contributed by atoms with Gasteiger partial charge >= 0.3 is 0 Å². The predicted octanol–water partition coefficient (Wildman–Crippen LogP) is 4.18. The summed E-state index contributed by atoms with van der Waals surface area (Å²) in [5, 5.41) is 3.46. The van der Waals surface area contributed by atoms with E-state index in [1.165, 1.54) is 0 Å². The third kappa shape index (κ3) is 3.95. The Morgan fingerprint density at radius 1 is 1.44 bits per heavy atom. The number of nitrogens with two attached hydrogens (primary N) is 1. The van der Waals surface area contributed by atoms with E-state index in [1.807, 2.05) is 18.2 Å². The second kappa shape index (κ2) is 6.02. The van der Waals surface area contributed by atoms with Crippen LogP contribution >= 0.6 is 28.1 Å². The van der Waals surface area contributed by atoms with Crippen molar-refractivity contribution in [3.05, 3.63) is 28.2 Å². The smallest absolute Gasteiger partial charge is 0.105 e. The van der Waals surface area contributed by atoms with Gasteiger partial charge in [-0.3, -0.25) is 0 Å². The molecule has 0 aliphatic carbocycles. The van der Waals surface area contributed by atoms with Gasteiger partial charge in [-0.25, -0.2) is 0 Å². The van der Waals surface area contributed by atoms with Crippen LogP contribution < -0.4 is 11.1 Å². The Bertz CT molecular complexity index is 441. The second-order valence-electron chi connectivity index (χ2n) is 5.56. The fourth-order valence-corrected chi connectivity index (χ4v) is 2.26. The molecule has 1 aromatic carbocycles. The van der Waals surface area contributed by atoms with Crippen molar-refractivity contribution in [2.75, 3.05) is 11.9 Å². The lowest BCUT2D eigenvalue weighted by atomic mass is 9.81. The fraction of sp³-hybridized carbons (Fsp3) is 0.500. The Hall–Kier alpha value is -0.610. The molecule has 18 heavy (non-hydrogen) atoms. The van der Waals surface area contributed by atoms with Crippen molar-refractivity contribution < 1.29 is 0 Å². The first kappa shape index (κ1) is 15.4. The average molecular weight is 329 g/mol. The Kier molecular flexibility index (Phi) is 5.17. The van der Waals surface area contributed by atoms with Gasteiger partial charge in [0.2, 0.25) is 0 Å². The maximum atomic E-state index is 5.63. The lowest BCUT2D eigenvalue weighted by Crippen LogP contribution is -2.28. The van der Waals surface area contributed by atoms with Gasteiger partial charge in [-0.15, -0.1) is 0 Å². The summed E-state index contributed by atoms with van der Waals surface area (Å²) in [7, 11) is 0. The molecule has 0 aliphatic rings. The van der Waals surface area contributed by atoms with Crippen LogP contribution in [-0.2, 0) is 0 Å². The molecule has 0 bridgehead atoms. The molecular formula is C14H21BrN2S. The Balaban J connectivity index is 2.76. The first-order chi connectivity index (χ1) is 8.24. The summed E-state index contributed by atoms with van der Waals surface area (Å²) >= 11 is 8.47. The van der Waals surface area contributed by atoms with E-state index in [0.29, 0.717) is 10.9 Å². The van der Waals surface area contributed by atoms with Crippen molar-refractivity contribution in [1.29, 1.82) is 0 Å². The van der Waals surface area contributed by atoms with Crippen LogP contribution in [0.1, 0.15) is 33.3 Å². The topological polar surface area (TPSA) is 38.0 Å². The van der Waals surface area contributed by atoms with Crippen molar-refractivity contribution in [2.24, 2.45) is 17.1 Å². The molecule has 100 valence electrons. The fourth-order valence-electron chi connectivity index (χ4n) is 1.36. The van der Waals surface area contributed by atoms with E-state index in [2.05, 4.69) is 48.9 Å². The van der Waals surface area contributed by atoms with E-state index >= 15 is 0 Å². The number of benzene rings is 1. The highest BCUT2D eigenvalue weighted by molar-refractivity contribution is 9.10. The highest BCUT2D eigenvalue weighted by Gasteiger charge is 2.21. The molecule has 0 saturated carbocycles. The molecule has 0 radical (unpaired) electrons. The maximum absolute atomic E-state index is 5.63. The molecule has 0 fully saturated rings. The largest absolute Gasteiger partial charge is 0.389 e. The minimum Gasteiger partial charge on any atom is -0.389 e. The number of thiocarbonyl (C=S) groups is 1. The van der Waals surface area contributed by atoms with Gasteiger partial charge in [0, 0.05) is 22.3 Å². The van der Waals surface area contributed by atoms with Crippen LogP contribution in [0.5, 0.6) is 0 Å². The zero-order valence-electron chi connectivity index (χ0n) is 11.4. The molecule has 0 saturated heterocycles. The van der Waals surface area contributed by atoms with Gasteiger partial charge in [-0.05, 0) is 45.5 Å². The molecule has 0 atom stereocenters. The summed E-state index contributed by atoms with van der Waals surface area (Å²) in [5.74, 6) is 0.629. The molecule has 3 N–H and O–H groups in total. The summed E-state index contributed by atoms with van der Waals surface area (Å²) in [6.07, 6.45) is 0. The van der Waals surface area contributed by atoms with Crippen molar-refractivity contribution in [3.63, 3.8) is 0 Å². The molecule has 0 spiro atoms. The lowest BCUT2D eigenvalue weighted by Gasteiger charge is -2.30. The number of hydrogen-bond acceptors (Lipinski definition) is 2. The molecule has 0 heterocycles. The number of anilines is 1. The van der Waals surface area contributed by atoms with E-state index in [-0.39, 0.29) is 5.41 Å². The third-order valence-corrected chi connectivity index (χ3v) is 4.42. The molecule has 0 aromatic heterocycles. The summed E-state index contributed by atoms with van der Waals surface area (Å²) in [4.78, 5) is 0.413. The number of hydrogen-bond donors (Lipinski definition) is 2. The summed E-state index contributed by atoms with van der Waals surface area (Å²) < 4.78 is 0.933. The van der Waals surface area contributed by atoms with Gasteiger partial charge < -0.3 is 11.1 Å². The van der Waals surface area contributed by atoms with E-state index in [1.54, 1.807) is 0 Å². The quantitative estimate of drug-likeness (QED) is 0.796. The SMILES string of the molecule is CC(C)C(C)(C)CNc1ccc(C(N)=S)c(Br)c1. The summed E-state index contributed by atoms with van der Waals surface area (Å²) in [6, 6.07) is 5.97. The lowest BCUT2D eigenvalue weighted by molar-refractivity contribution is 0.269. The number of rotatable bonds is 5. The normalized spacial score (nSPS) is 11.7. The maximum Gasteiger partial charge on any atom is 0.105 e. The first-order valence-corrected chi connectivity index (χ1v) is 7.27. The Morgan fingerprint density at radius 2 is 2.06 bits per heavy atom. The predicted molar refractivity (Wildman–Crippen MR) is 87.1 cm³/mol. The second-order valence-corrected chi connectivity index (χ2v) is 6.85. The minimum absolute atomic E-state index is 0.258. The van der Waals surface area contributed by atoms with Crippen LogP contribution in [0.4, 0.5) is 5.69 Å². The molecule has 1 rings (SSSR count). The Morgan fingerprint density at radius 3 is 2.50 bits per heavy atom. The molecule has 0 aliphatic heterocycles. The first-order valence-electron chi connectivity index (χ1n) is 6.07. The van der Waals surface area contributed by atoms with E-state index < -0.39 is 0 Å². The third-order valence-electron chi connectivity index (χ3n) is 3.55. The van der Waals surface area contributed by atoms with Crippen LogP contribution in [0.2, 0.25) is 0 Å². The van der Waals surface area contributed by atoms with Crippen LogP contribution in [0.25, 0.3) is 0 Å². The van der Waals surface area contributed by atoms with Crippen LogP contribution in [0, 0.1) is 11.3 Å². The van der Waals surface area contributed by atoms with Gasteiger partial charge in [-0.2, -0.15) is 0 Å². The van der Waals surface area contributed by atoms with Gasteiger partial charge in [0.25, 0.3) is 0 Å². The van der Waals surface area contributed by atoms with Gasteiger partial charge in [0.15, 0.2) is 0 Å². The van der Waals surface area contributed by atoms with Crippen LogP contribution in [-0.4, -0.2) is 11.5 Å². The van der Waals surface area contributed by atoms with E-state index in [4.69, 9.17) is 18.0 Å². The van der Waals surface area contributed by atoms with Crippen molar-refractivity contribution in [3.8, 4) is 0 Å². The van der Waals surface area contributed by atoms with Crippen molar-refractivity contribution >= 4 is 38.8 Å². The van der Waals surface area contributed by atoms with Gasteiger partial charge in [0.1, 0.15) is 4.99 Å². The molecule has 2 nitrogen and oxygen atoms in total. The molecule has 0 amide bonds. The highest BCUT2D eigenvalue weighted by atomic mass is 79.9. The number of nitrogens with one attached hydrogen (secondary N) is 1. The Labute approximate surface area is 123 Å². The molecule has 0 unspecified atom stereocenters. The van der Waals surface area contributed by atoms with Gasteiger partial charge in [0.05, 0.1) is 0 Å². The summed E-state index contributed by atoms with van der Waals surface area (Å²) in [6.45, 7) is 9.96. The van der Waals surface area contributed by atoms with E-state index in [9.17, 15) is 0 Å². The number of halogens is 1. The zero-order valence-corrected chi connectivity index (χ0v) is 13.8. The standard InChI is InChI=1S/C14H21BrN2S/c1-9(2)14(3,4)8-17-10-5-6-11(13(16)18)12(15)7-10/h5-7,9,17H,8H2,1-4H3,(H2,16,18). The van der Waals surface area contributed by atoms with E-state index in [0.717, 1.165) is 22.3 Å². The summed E-state index contributed by atoms with van der Waals surface area (Å²) in [5.41, 5.74) is 7.84. The molecular weight excluding hydrogens is 308 g/mol. The monoisotopic (exact) mass is 328 g/mol. The highest BCUT2D eigenvalue weighted by Crippen LogP contribution is 2.27. The van der Waals surface area contributed by atoms with Crippen LogP contribution in [0.15, 0.2) is 22.7 Å². The average Bonchev–Trinajstić information content (AvgIpc) is 2.25. The minimum atomic E-state index is 0.258. The zero-order chi connectivity index (χ0) is 13.9. The molecule has 4 heteroatoms.